The van der Waals surface area contributed by atoms with Gasteiger partial charge in [-0.1, -0.05) is 86.6 Å². The zero-order chi connectivity index (χ0) is 30.1. The molecule has 10 nitrogen and oxygen atoms in total. The molecule has 11 heteroatoms. The van der Waals surface area contributed by atoms with Crippen LogP contribution in [0.25, 0.3) is 10.8 Å². The summed E-state index contributed by atoms with van der Waals surface area (Å²) in [6, 6.07) is 20.6. The number of benzene rings is 3. The number of carbonyl (C=O) groups is 3. The van der Waals surface area contributed by atoms with Gasteiger partial charge < -0.3 is 26.0 Å². The number of nitrogens with one attached hydrogen (secondary N) is 3. The number of amides is 3. The second-order valence-electron chi connectivity index (χ2n) is 10.4. The summed E-state index contributed by atoms with van der Waals surface area (Å²) in [5.41, 5.74) is 1.64. The fourth-order valence-corrected chi connectivity index (χ4v) is 4.64. The van der Waals surface area contributed by atoms with E-state index in [1.54, 1.807) is 13.8 Å². The molecular formula is C31H34BN5O5. The third kappa shape index (κ3) is 8.21. The fraction of sp³-hybridized carbons (Fsp3) is 0.258. The molecule has 0 bridgehead atoms. The molecule has 3 amide bonds. The van der Waals surface area contributed by atoms with Crippen molar-refractivity contribution in [2.75, 3.05) is 0 Å². The zero-order valence-electron chi connectivity index (χ0n) is 23.5. The van der Waals surface area contributed by atoms with Crippen LogP contribution in [-0.4, -0.2) is 62.9 Å². The molecule has 5 N–H and O–H groups in total. The molecular weight excluding hydrogens is 533 g/mol. The molecule has 0 aliphatic rings. The molecule has 42 heavy (non-hydrogen) atoms. The molecule has 0 aliphatic heterocycles. The highest BCUT2D eigenvalue weighted by Gasteiger charge is 2.33. The second kappa shape index (κ2) is 14.3. The SMILES string of the molecule is CC(C)C(NC(=O)[C@H](Cc1ccc2ccccc2c1)NC(=O)[C@H](Cc1ccccc1)NC(=O)c1cnccn1)B(O)O. The highest BCUT2D eigenvalue weighted by Crippen LogP contribution is 2.17. The van der Waals surface area contributed by atoms with E-state index in [1.807, 2.05) is 72.8 Å². The molecule has 3 aromatic carbocycles. The third-order valence-corrected chi connectivity index (χ3v) is 6.94. The van der Waals surface area contributed by atoms with Crippen LogP contribution in [0.1, 0.15) is 35.5 Å². The van der Waals surface area contributed by atoms with E-state index in [0.29, 0.717) is 0 Å². The van der Waals surface area contributed by atoms with Crippen LogP contribution in [0.5, 0.6) is 0 Å². The smallest absolute Gasteiger partial charge is 0.426 e. The third-order valence-electron chi connectivity index (χ3n) is 6.94. The van der Waals surface area contributed by atoms with Gasteiger partial charge in [0.05, 0.1) is 12.1 Å². The number of fused-ring (bicyclic) bond motifs is 1. The van der Waals surface area contributed by atoms with Crippen molar-refractivity contribution in [1.29, 1.82) is 0 Å². The normalized spacial score (nSPS) is 13.2. The monoisotopic (exact) mass is 567 g/mol. The Balaban J connectivity index is 1.61. The molecule has 1 heterocycles. The molecule has 0 saturated carbocycles. The highest BCUT2D eigenvalue weighted by molar-refractivity contribution is 6.43. The van der Waals surface area contributed by atoms with Crippen molar-refractivity contribution in [3.63, 3.8) is 0 Å². The van der Waals surface area contributed by atoms with Crippen LogP contribution in [0.2, 0.25) is 0 Å². The predicted molar refractivity (Wildman–Crippen MR) is 160 cm³/mol. The van der Waals surface area contributed by atoms with Gasteiger partial charge in [-0.05, 0) is 27.8 Å². The van der Waals surface area contributed by atoms with E-state index in [9.17, 15) is 24.4 Å². The Morgan fingerprint density at radius 3 is 2.07 bits per heavy atom. The lowest BCUT2D eigenvalue weighted by atomic mass is 9.73. The number of nitrogens with zero attached hydrogens (tertiary/aromatic N) is 2. The molecule has 1 unspecified atom stereocenters. The van der Waals surface area contributed by atoms with Crippen LogP contribution in [0.4, 0.5) is 0 Å². The molecule has 0 spiro atoms. The molecule has 216 valence electrons. The second-order valence-corrected chi connectivity index (χ2v) is 10.4. The molecule has 4 aromatic rings. The average molecular weight is 567 g/mol. The average Bonchev–Trinajstić information content (AvgIpc) is 2.99. The Morgan fingerprint density at radius 2 is 1.40 bits per heavy atom. The first-order valence-corrected chi connectivity index (χ1v) is 13.8. The van der Waals surface area contributed by atoms with Gasteiger partial charge in [0.25, 0.3) is 5.91 Å². The zero-order valence-corrected chi connectivity index (χ0v) is 23.5. The summed E-state index contributed by atoms with van der Waals surface area (Å²) >= 11 is 0. The van der Waals surface area contributed by atoms with Crippen molar-refractivity contribution in [2.45, 2.75) is 44.7 Å². The van der Waals surface area contributed by atoms with Gasteiger partial charge in [-0.25, -0.2) is 4.98 Å². The Labute approximate surface area is 244 Å². The van der Waals surface area contributed by atoms with Crippen LogP contribution >= 0.6 is 0 Å². The quantitative estimate of drug-likeness (QED) is 0.164. The number of hydrogen-bond donors (Lipinski definition) is 5. The summed E-state index contributed by atoms with van der Waals surface area (Å²) in [4.78, 5) is 48.2. The summed E-state index contributed by atoms with van der Waals surface area (Å²) in [5, 5.41) is 29.9. The molecule has 0 saturated heterocycles. The Hall–Kier alpha value is -4.61. The van der Waals surface area contributed by atoms with Crippen LogP contribution in [-0.2, 0) is 22.4 Å². The van der Waals surface area contributed by atoms with E-state index >= 15 is 0 Å². The maximum Gasteiger partial charge on any atom is 0.475 e. The van der Waals surface area contributed by atoms with Crippen LogP contribution in [0.3, 0.4) is 0 Å². The topological polar surface area (TPSA) is 154 Å². The minimum Gasteiger partial charge on any atom is -0.426 e. The van der Waals surface area contributed by atoms with Crippen LogP contribution < -0.4 is 16.0 Å². The van der Waals surface area contributed by atoms with E-state index in [1.165, 1.54) is 18.6 Å². The van der Waals surface area contributed by atoms with Gasteiger partial charge in [-0.15, -0.1) is 0 Å². The summed E-state index contributed by atoms with van der Waals surface area (Å²) < 4.78 is 0. The molecule has 0 fully saturated rings. The lowest BCUT2D eigenvalue weighted by molar-refractivity contribution is -0.130. The van der Waals surface area contributed by atoms with Gasteiger partial charge in [-0.2, -0.15) is 0 Å². The van der Waals surface area contributed by atoms with Gasteiger partial charge in [0.1, 0.15) is 17.8 Å². The molecule has 0 radical (unpaired) electrons. The van der Waals surface area contributed by atoms with E-state index in [4.69, 9.17) is 0 Å². The predicted octanol–water partition coefficient (Wildman–Crippen LogP) is 1.85. The lowest BCUT2D eigenvalue weighted by Crippen LogP contribution is -2.58. The molecule has 0 aliphatic carbocycles. The van der Waals surface area contributed by atoms with Crippen molar-refractivity contribution in [1.82, 2.24) is 25.9 Å². The van der Waals surface area contributed by atoms with Crippen molar-refractivity contribution in [3.8, 4) is 0 Å². The minimum absolute atomic E-state index is 0.0468. The van der Waals surface area contributed by atoms with Gasteiger partial charge in [-0.3, -0.25) is 19.4 Å². The number of carbonyl (C=O) groups excluding carboxylic acids is 3. The first-order valence-electron chi connectivity index (χ1n) is 13.8. The Kier molecular flexibility index (Phi) is 10.4. The van der Waals surface area contributed by atoms with E-state index in [2.05, 4.69) is 25.9 Å². The minimum atomic E-state index is -1.79. The standard InChI is InChI=1S/C31H34BN5O5/c1-20(2)28(32(41)42)37-30(39)26(18-22-12-13-23-10-6-7-11-24(23)16-22)35-29(38)25(17-21-8-4-3-5-9-21)36-31(40)27-19-33-14-15-34-27/h3-16,19-20,25-26,28,41-42H,17-18H2,1-2H3,(H,35,38)(H,36,40)(H,37,39)/t25-,26-,28?/m0/s1. The maximum atomic E-state index is 13.7. The van der Waals surface area contributed by atoms with Gasteiger partial charge in [0.2, 0.25) is 11.8 Å². The molecule has 3 atom stereocenters. The van der Waals surface area contributed by atoms with Gasteiger partial charge >= 0.3 is 7.12 Å². The highest BCUT2D eigenvalue weighted by atomic mass is 16.4. The number of rotatable bonds is 12. The van der Waals surface area contributed by atoms with E-state index in [0.717, 1.165) is 21.9 Å². The van der Waals surface area contributed by atoms with Crippen molar-refractivity contribution in [3.05, 3.63) is 108 Å². The summed E-state index contributed by atoms with van der Waals surface area (Å²) in [5.74, 6) is -2.99. The van der Waals surface area contributed by atoms with Crippen molar-refractivity contribution in [2.24, 2.45) is 5.92 Å². The first kappa shape index (κ1) is 30.4. The Morgan fingerprint density at radius 1 is 0.762 bits per heavy atom. The fourth-order valence-electron chi connectivity index (χ4n) is 4.64. The van der Waals surface area contributed by atoms with Crippen molar-refractivity contribution >= 4 is 35.6 Å². The lowest BCUT2D eigenvalue weighted by Gasteiger charge is -2.27. The number of aromatic nitrogens is 2. The van der Waals surface area contributed by atoms with Crippen LogP contribution in [0, 0.1) is 5.92 Å². The Bertz CT molecular complexity index is 1500. The van der Waals surface area contributed by atoms with Gasteiger partial charge in [0.15, 0.2) is 0 Å². The molecule has 4 rings (SSSR count). The first-order chi connectivity index (χ1) is 20.2. The largest absolute Gasteiger partial charge is 0.475 e. The van der Waals surface area contributed by atoms with Crippen molar-refractivity contribution < 1.29 is 24.4 Å². The maximum absolute atomic E-state index is 13.7. The van der Waals surface area contributed by atoms with E-state index < -0.39 is 42.9 Å². The summed E-state index contributed by atoms with van der Waals surface area (Å²) in [6.07, 6.45) is 4.41. The summed E-state index contributed by atoms with van der Waals surface area (Å²) in [6.45, 7) is 3.50. The number of hydrogen-bond acceptors (Lipinski definition) is 7. The summed E-state index contributed by atoms with van der Waals surface area (Å²) in [7, 11) is -1.79. The van der Waals surface area contributed by atoms with Gasteiger partial charge in [0, 0.05) is 25.2 Å². The van der Waals surface area contributed by atoms with Crippen LogP contribution in [0.15, 0.2) is 91.4 Å². The molecule has 1 aromatic heterocycles. The van der Waals surface area contributed by atoms with E-state index in [-0.39, 0.29) is 24.5 Å².